The minimum Gasteiger partial charge on any atom is -0.462 e. The number of carbonyl (C=O) groups excluding carboxylic acids is 4. The molecular formula is C66H128O17P2. The zero-order chi connectivity index (χ0) is 63.2. The molecule has 0 radical (unpaired) electrons. The fraction of sp³-hybridized carbons (Fsp3) is 0.939. The van der Waals surface area contributed by atoms with Crippen LogP contribution < -0.4 is 0 Å². The van der Waals surface area contributed by atoms with Crippen LogP contribution in [0.3, 0.4) is 0 Å². The van der Waals surface area contributed by atoms with E-state index in [0.29, 0.717) is 37.5 Å². The summed E-state index contributed by atoms with van der Waals surface area (Å²) in [5.74, 6) is 0.751. The van der Waals surface area contributed by atoms with Gasteiger partial charge < -0.3 is 33.8 Å². The molecule has 0 aliphatic carbocycles. The lowest BCUT2D eigenvalue weighted by molar-refractivity contribution is -0.161. The summed E-state index contributed by atoms with van der Waals surface area (Å²) < 4.78 is 68.0. The fourth-order valence-electron chi connectivity index (χ4n) is 9.75. The second kappa shape index (κ2) is 56.1. The zero-order valence-corrected chi connectivity index (χ0v) is 57.0. The summed E-state index contributed by atoms with van der Waals surface area (Å²) in [6.45, 7) is 13.9. The maximum absolute atomic E-state index is 13.0. The van der Waals surface area contributed by atoms with Crippen molar-refractivity contribution in [3.05, 3.63) is 0 Å². The van der Waals surface area contributed by atoms with Crippen LogP contribution in [0.15, 0.2) is 0 Å². The lowest BCUT2D eigenvalue weighted by atomic mass is 10.00. The van der Waals surface area contributed by atoms with Gasteiger partial charge in [-0.2, -0.15) is 0 Å². The van der Waals surface area contributed by atoms with E-state index in [4.69, 9.17) is 37.0 Å². The van der Waals surface area contributed by atoms with Gasteiger partial charge in [0.25, 0.3) is 0 Å². The second-order valence-electron chi connectivity index (χ2n) is 25.5. The van der Waals surface area contributed by atoms with Crippen molar-refractivity contribution in [2.75, 3.05) is 39.6 Å². The first-order valence-electron chi connectivity index (χ1n) is 34.2. The summed E-state index contributed by atoms with van der Waals surface area (Å²) in [6, 6.07) is 0. The van der Waals surface area contributed by atoms with Crippen LogP contribution in [-0.4, -0.2) is 96.7 Å². The Labute approximate surface area is 517 Å². The third-order valence-corrected chi connectivity index (χ3v) is 17.3. The van der Waals surface area contributed by atoms with Crippen molar-refractivity contribution in [2.24, 2.45) is 23.7 Å². The van der Waals surface area contributed by atoms with Crippen LogP contribution in [0.5, 0.6) is 0 Å². The van der Waals surface area contributed by atoms with Gasteiger partial charge >= 0.3 is 39.5 Å². The van der Waals surface area contributed by atoms with Gasteiger partial charge in [0.2, 0.25) is 0 Å². The van der Waals surface area contributed by atoms with Gasteiger partial charge in [-0.05, 0) is 49.4 Å². The summed E-state index contributed by atoms with van der Waals surface area (Å²) in [5.41, 5.74) is 0. The van der Waals surface area contributed by atoms with E-state index in [1.807, 2.05) is 0 Å². The van der Waals surface area contributed by atoms with Gasteiger partial charge in [0, 0.05) is 25.7 Å². The fourth-order valence-corrected chi connectivity index (χ4v) is 11.3. The number of phosphoric ester groups is 2. The summed E-state index contributed by atoms with van der Waals surface area (Å²) in [4.78, 5) is 72.3. The molecule has 3 N–H and O–H groups in total. The summed E-state index contributed by atoms with van der Waals surface area (Å²) in [6.07, 6.45) is 36.5. The molecule has 0 amide bonds. The first kappa shape index (κ1) is 83.1. The first-order valence-corrected chi connectivity index (χ1v) is 37.2. The van der Waals surface area contributed by atoms with E-state index in [0.717, 1.165) is 115 Å². The third kappa shape index (κ3) is 59.5. The van der Waals surface area contributed by atoms with Crippen LogP contribution in [0.4, 0.5) is 0 Å². The van der Waals surface area contributed by atoms with E-state index >= 15 is 0 Å². The molecule has 4 unspecified atom stereocenters. The van der Waals surface area contributed by atoms with Crippen LogP contribution in [0.2, 0.25) is 0 Å². The molecule has 17 nitrogen and oxygen atoms in total. The van der Waals surface area contributed by atoms with Crippen molar-refractivity contribution >= 4 is 39.5 Å². The quantitative estimate of drug-likeness (QED) is 0.0222. The van der Waals surface area contributed by atoms with E-state index < -0.39 is 97.5 Å². The molecule has 6 atom stereocenters. The molecule has 0 aliphatic rings. The molecule has 0 aromatic carbocycles. The summed E-state index contributed by atoms with van der Waals surface area (Å²) in [5, 5.41) is 10.5. The van der Waals surface area contributed by atoms with Crippen molar-refractivity contribution in [1.29, 1.82) is 0 Å². The zero-order valence-electron chi connectivity index (χ0n) is 55.2. The molecule has 0 bridgehead atoms. The molecular weight excluding hydrogens is 1130 g/mol. The molecule has 0 aromatic heterocycles. The molecule has 0 heterocycles. The average molecular weight is 1260 g/mol. The monoisotopic (exact) mass is 1250 g/mol. The Morgan fingerprint density at radius 2 is 0.565 bits per heavy atom. The van der Waals surface area contributed by atoms with Gasteiger partial charge in [0.15, 0.2) is 12.2 Å². The Hall–Kier alpha value is -1.94. The molecule has 0 fully saturated rings. The third-order valence-electron chi connectivity index (χ3n) is 15.4. The van der Waals surface area contributed by atoms with Gasteiger partial charge in [0.1, 0.15) is 19.3 Å². The molecule has 0 aliphatic heterocycles. The minimum absolute atomic E-state index is 0.101. The van der Waals surface area contributed by atoms with E-state index in [1.165, 1.54) is 109 Å². The molecule has 85 heavy (non-hydrogen) atoms. The largest absolute Gasteiger partial charge is 0.472 e. The predicted molar refractivity (Wildman–Crippen MR) is 340 cm³/mol. The SMILES string of the molecule is CCC(C)CCCCCCCCC(=O)O[C@H](COC(=O)CCCCCCCCC(C)C)COP(=O)(O)OCC(O)COP(=O)(O)OC[C@@H](COC(=O)CCCCCCCCCC(C)C)OC(=O)CCCCCCCCCCCCCCCC(C)C. The topological polar surface area (TPSA) is 237 Å². The Kier molecular flexibility index (Phi) is 54.8. The molecule has 0 spiro atoms. The number of hydrogen-bond acceptors (Lipinski definition) is 15. The molecule has 0 aromatic rings. The number of unbranched alkanes of at least 4 members (excludes halogenated alkanes) is 28. The highest BCUT2D eigenvalue weighted by Gasteiger charge is 2.30. The standard InChI is InChI=1S/C66H128O17P2/c1-9-59(8)45-37-29-23-25-33-41-49-66(71)83-62(53-77-64(69)47-39-31-24-22-28-36-44-58(6)7)55-81-85(74,75)79-51-60(67)50-78-84(72,73)80-54-61(52-76-63(68)46-38-30-21-17-19-27-35-43-57(4)5)82-65(70)48-40-32-20-16-14-12-10-11-13-15-18-26-34-42-56(2)3/h56-62,67H,9-55H2,1-8H3,(H,72,73)(H,74,75)/t59?,60?,61-,62-/m1/s1. The number of hydrogen-bond donors (Lipinski definition) is 3. The normalized spacial score (nSPS) is 14.7. The summed E-state index contributed by atoms with van der Waals surface area (Å²) >= 11 is 0. The van der Waals surface area contributed by atoms with Gasteiger partial charge in [-0.3, -0.25) is 37.3 Å². The second-order valence-corrected chi connectivity index (χ2v) is 28.4. The first-order chi connectivity index (χ1) is 40.6. The number of rotatable bonds is 63. The number of aliphatic hydroxyl groups is 1. The van der Waals surface area contributed by atoms with Crippen LogP contribution in [0, 0.1) is 23.7 Å². The van der Waals surface area contributed by atoms with Crippen LogP contribution in [0.1, 0.15) is 319 Å². The number of phosphoric acid groups is 2. The van der Waals surface area contributed by atoms with Gasteiger partial charge in [0.05, 0.1) is 26.4 Å². The molecule has 0 rings (SSSR count). The van der Waals surface area contributed by atoms with Crippen molar-refractivity contribution in [1.82, 2.24) is 0 Å². The Bertz CT molecular complexity index is 1700. The van der Waals surface area contributed by atoms with Crippen LogP contribution in [-0.2, 0) is 65.4 Å². The van der Waals surface area contributed by atoms with Crippen LogP contribution >= 0.6 is 15.6 Å². The molecule has 0 saturated heterocycles. The number of esters is 4. The van der Waals surface area contributed by atoms with Crippen LogP contribution in [0.25, 0.3) is 0 Å². The Morgan fingerprint density at radius 3 is 0.835 bits per heavy atom. The highest BCUT2D eigenvalue weighted by Crippen LogP contribution is 2.45. The maximum Gasteiger partial charge on any atom is 0.472 e. The lowest BCUT2D eigenvalue weighted by Crippen LogP contribution is -2.30. The lowest BCUT2D eigenvalue weighted by Gasteiger charge is -2.21. The number of ether oxygens (including phenoxy) is 4. The highest BCUT2D eigenvalue weighted by atomic mass is 31.2. The smallest absolute Gasteiger partial charge is 0.462 e. The van der Waals surface area contributed by atoms with Gasteiger partial charge in [-0.1, -0.05) is 267 Å². The Balaban J connectivity index is 5.23. The molecule has 0 saturated carbocycles. The maximum atomic E-state index is 13.0. The Morgan fingerprint density at radius 1 is 0.329 bits per heavy atom. The highest BCUT2D eigenvalue weighted by molar-refractivity contribution is 7.47. The minimum atomic E-state index is -4.95. The molecule has 19 heteroatoms. The van der Waals surface area contributed by atoms with E-state index in [1.54, 1.807) is 0 Å². The number of aliphatic hydroxyl groups excluding tert-OH is 1. The van der Waals surface area contributed by atoms with Crippen molar-refractivity contribution in [3.8, 4) is 0 Å². The number of carbonyl (C=O) groups is 4. The van der Waals surface area contributed by atoms with Gasteiger partial charge in [-0.15, -0.1) is 0 Å². The predicted octanol–water partition coefficient (Wildman–Crippen LogP) is 18.1. The molecule has 504 valence electrons. The summed E-state index contributed by atoms with van der Waals surface area (Å²) in [7, 11) is -9.89. The van der Waals surface area contributed by atoms with E-state index in [9.17, 15) is 43.2 Å². The van der Waals surface area contributed by atoms with E-state index in [2.05, 4.69) is 55.4 Å². The average Bonchev–Trinajstić information content (AvgIpc) is 3.53. The van der Waals surface area contributed by atoms with Crippen molar-refractivity contribution < 1.29 is 80.2 Å². The van der Waals surface area contributed by atoms with Crippen molar-refractivity contribution in [3.63, 3.8) is 0 Å². The van der Waals surface area contributed by atoms with Gasteiger partial charge in [-0.25, -0.2) is 9.13 Å². The van der Waals surface area contributed by atoms with E-state index in [-0.39, 0.29) is 25.7 Å². The van der Waals surface area contributed by atoms with Crippen molar-refractivity contribution in [2.45, 2.75) is 337 Å².